The molecule has 0 radical (unpaired) electrons. The maximum absolute atomic E-state index is 11.2. The Balaban J connectivity index is 2.07. The van der Waals surface area contributed by atoms with Crippen molar-refractivity contribution in [1.29, 1.82) is 0 Å². The molecule has 2 aromatic heterocycles. The summed E-state index contributed by atoms with van der Waals surface area (Å²) in [5.41, 5.74) is 3.60. The van der Waals surface area contributed by atoms with Gasteiger partial charge in [-0.05, 0) is 12.1 Å². The molecule has 0 amide bonds. The van der Waals surface area contributed by atoms with Gasteiger partial charge >= 0.3 is 5.97 Å². The van der Waals surface area contributed by atoms with Crippen LogP contribution in [-0.2, 0) is 0 Å². The summed E-state index contributed by atoms with van der Waals surface area (Å²) >= 11 is 0. The number of carboxylic acids is 1. The molecule has 1 aromatic carbocycles. The molecule has 0 aliphatic rings. The fourth-order valence-electron chi connectivity index (χ4n) is 2.12. The Hall–Kier alpha value is -2.89. The second-order valence-electron chi connectivity index (χ2n) is 4.90. The van der Waals surface area contributed by atoms with Gasteiger partial charge in [0.1, 0.15) is 11.1 Å². The number of aromatic carboxylic acids is 1. The fraction of sp³-hybridized carbons (Fsp3) is 0.133. The van der Waals surface area contributed by atoms with Crippen LogP contribution in [0.3, 0.4) is 0 Å². The average molecular weight is 282 g/mol. The van der Waals surface area contributed by atoms with E-state index in [1.54, 1.807) is 6.20 Å². The number of rotatable bonds is 3. The Kier molecular flexibility index (Phi) is 3.06. The number of hydrogen-bond acceptors (Lipinski definition) is 4. The van der Waals surface area contributed by atoms with Crippen molar-refractivity contribution in [3.63, 3.8) is 0 Å². The van der Waals surface area contributed by atoms with E-state index in [2.05, 4.69) is 15.0 Å². The van der Waals surface area contributed by atoms with Crippen LogP contribution in [0.4, 0.5) is 5.69 Å². The number of nitrogens with zero attached hydrogens (tertiary/aromatic N) is 3. The standard InChI is InChI=1S/C15H14N4O2/c1-19(2)10-5-3-9(4-6-10)12-8-17-14-13(18-12)11(7-16-14)15(20)21/h3-8H,1-2H3,(H,16,17)(H,20,21). The van der Waals surface area contributed by atoms with E-state index in [1.165, 1.54) is 6.20 Å². The van der Waals surface area contributed by atoms with Gasteiger partial charge in [0, 0.05) is 31.5 Å². The van der Waals surface area contributed by atoms with E-state index in [1.807, 2.05) is 43.3 Å². The van der Waals surface area contributed by atoms with Gasteiger partial charge in [-0.2, -0.15) is 0 Å². The first-order valence-electron chi connectivity index (χ1n) is 6.41. The van der Waals surface area contributed by atoms with Crippen molar-refractivity contribution >= 4 is 22.8 Å². The van der Waals surface area contributed by atoms with Gasteiger partial charge in [0.2, 0.25) is 0 Å². The number of anilines is 1. The van der Waals surface area contributed by atoms with Gasteiger partial charge in [-0.3, -0.25) is 0 Å². The Morgan fingerprint density at radius 2 is 1.95 bits per heavy atom. The summed E-state index contributed by atoms with van der Waals surface area (Å²) in [5, 5.41) is 9.14. The number of aromatic amines is 1. The monoisotopic (exact) mass is 282 g/mol. The van der Waals surface area contributed by atoms with Crippen molar-refractivity contribution in [2.45, 2.75) is 0 Å². The zero-order valence-corrected chi connectivity index (χ0v) is 11.7. The van der Waals surface area contributed by atoms with Crippen LogP contribution < -0.4 is 4.90 Å². The van der Waals surface area contributed by atoms with Crippen LogP contribution in [0.5, 0.6) is 0 Å². The molecule has 0 atom stereocenters. The Labute approximate surface area is 121 Å². The van der Waals surface area contributed by atoms with E-state index in [4.69, 9.17) is 5.11 Å². The summed E-state index contributed by atoms with van der Waals surface area (Å²) in [4.78, 5) is 24.6. The van der Waals surface area contributed by atoms with Crippen molar-refractivity contribution in [2.24, 2.45) is 0 Å². The van der Waals surface area contributed by atoms with E-state index in [-0.39, 0.29) is 5.56 Å². The fourth-order valence-corrected chi connectivity index (χ4v) is 2.12. The molecule has 6 nitrogen and oxygen atoms in total. The lowest BCUT2D eigenvalue weighted by molar-refractivity contribution is 0.0699. The predicted molar refractivity (Wildman–Crippen MR) is 80.6 cm³/mol. The Morgan fingerprint density at radius 3 is 2.57 bits per heavy atom. The van der Waals surface area contributed by atoms with Gasteiger partial charge in [0.05, 0.1) is 11.9 Å². The number of aromatic nitrogens is 3. The number of carbonyl (C=O) groups is 1. The molecule has 3 aromatic rings. The van der Waals surface area contributed by atoms with Gasteiger partial charge in [-0.15, -0.1) is 0 Å². The zero-order chi connectivity index (χ0) is 15.0. The third-order valence-corrected chi connectivity index (χ3v) is 3.29. The molecular weight excluding hydrogens is 268 g/mol. The minimum absolute atomic E-state index is 0.129. The summed E-state index contributed by atoms with van der Waals surface area (Å²) in [6.07, 6.45) is 3.04. The Bertz CT molecular complexity index is 806. The molecule has 0 spiro atoms. The van der Waals surface area contributed by atoms with Crippen molar-refractivity contribution in [1.82, 2.24) is 15.0 Å². The van der Waals surface area contributed by atoms with Gasteiger partial charge in [0.15, 0.2) is 5.65 Å². The van der Waals surface area contributed by atoms with Crippen LogP contribution in [0, 0.1) is 0 Å². The first kappa shape index (κ1) is 13.1. The molecule has 106 valence electrons. The minimum Gasteiger partial charge on any atom is -0.478 e. The summed E-state index contributed by atoms with van der Waals surface area (Å²) < 4.78 is 0. The molecular formula is C15H14N4O2. The lowest BCUT2D eigenvalue weighted by Crippen LogP contribution is -2.07. The van der Waals surface area contributed by atoms with E-state index < -0.39 is 5.97 Å². The largest absolute Gasteiger partial charge is 0.478 e. The molecule has 0 saturated heterocycles. The lowest BCUT2D eigenvalue weighted by Gasteiger charge is -2.12. The first-order valence-corrected chi connectivity index (χ1v) is 6.41. The molecule has 3 rings (SSSR count). The minimum atomic E-state index is -1.02. The second kappa shape index (κ2) is 4.90. The molecule has 0 saturated carbocycles. The van der Waals surface area contributed by atoms with Crippen molar-refractivity contribution in [3.05, 3.63) is 42.2 Å². The number of H-pyrrole nitrogens is 1. The Morgan fingerprint density at radius 1 is 1.24 bits per heavy atom. The van der Waals surface area contributed by atoms with Crippen LogP contribution >= 0.6 is 0 Å². The summed E-state index contributed by atoms with van der Waals surface area (Å²) in [5.74, 6) is -1.02. The lowest BCUT2D eigenvalue weighted by atomic mass is 10.1. The molecule has 0 aliphatic heterocycles. The average Bonchev–Trinajstić information content (AvgIpc) is 2.90. The van der Waals surface area contributed by atoms with Gasteiger partial charge in [0.25, 0.3) is 0 Å². The van der Waals surface area contributed by atoms with Crippen LogP contribution in [0.2, 0.25) is 0 Å². The zero-order valence-electron chi connectivity index (χ0n) is 11.7. The maximum Gasteiger partial charge on any atom is 0.339 e. The van der Waals surface area contributed by atoms with Gasteiger partial charge in [-0.1, -0.05) is 12.1 Å². The highest BCUT2D eigenvalue weighted by molar-refractivity contribution is 6.00. The van der Waals surface area contributed by atoms with Crippen molar-refractivity contribution < 1.29 is 9.90 Å². The number of nitrogens with one attached hydrogen (secondary N) is 1. The topological polar surface area (TPSA) is 82.1 Å². The molecule has 0 bridgehead atoms. The highest BCUT2D eigenvalue weighted by atomic mass is 16.4. The van der Waals surface area contributed by atoms with E-state index >= 15 is 0 Å². The van der Waals surface area contributed by atoms with Crippen LogP contribution in [0.1, 0.15) is 10.4 Å². The molecule has 6 heteroatoms. The molecule has 0 unspecified atom stereocenters. The molecule has 2 heterocycles. The van der Waals surface area contributed by atoms with E-state index in [0.717, 1.165) is 11.3 Å². The van der Waals surface area contributed by atoms with Crippen molar-refractivity contribution in [2.75, 3.05) is 19.0 Å². The highest BCUT2D eigenvalue weighted by Gasteiger charge is 2.13. The smallest absolute Gasteiger partial charge is 0.339 e. The number of hydrogen-bond donors (Lipinski definition) is 2. The quantitative estimate of drug-likeness (QED) is 0.770. The number of benzene rings is 1. The summed E-state index contributed by atoms with van der Waals surface area (Å²) in [7, 11) is 3.94. The van der Waals surface area contributed by atoms with Gasteiger partial charge < -0.3 is 15.0 Å². The van der Waals surface area contributed by atoms with Crippen LogP contribution in [-0.4, -0.2) is 40.1 Å². The third-order valence-electron chi connectivity index (χ3n) is 3.29. The van der Waals surface area contributed by atoms with E-state index in [0.29, 0.717) is 16.9 Å². The SMILES string of the molecule is CN(C)c1ccc(-c2cnc3[nH]cc(C(=O)O)c3n2)cc1. The molecule has 2 N–H and O–H groups in total. The summed E-state index contributed by atoms with van der Waals surface area (Å²) in [6, 6.07) is 7.85. The summed E-state index contributed by atoms with van der Waals surface area (Å²) in [6.45, 7) is 0. The highest BCUT2D eigenvalue weighted by Crippen LogP contribution is 2.23. The van der Waals surface area contributed by atoms with Crippen LogP contribution in [0.15, 0.2) is 36.7 Å². The third kappa shape index (κ3) is 2.31. The van der Waals surface area contributed by atoms with Gasteiger partial charge in [-0.25, -0.2) is 14.8 Å². The molecule has 0 aliphatic carbocycles. The molecule has 0 fully saturated rings. The predicted octanol–water partition coefficient (Wildman–Crippen LogP) is 2.39. The number of carboxylic acid groups (broad SMARTS) is 1. The molecule has 21 heavy (non-hydrogen) atoms. The van der Waals surface area contributed by atoms with Crippen molar-refractivity contribution in [3.8, 4) is 11.3 Å². The number of fused-ring (bicyclic) bond motifs is 1. The normalized spacial score (nSPS) is 10.8. The maximum atomic E-state index is 11.2. The second-order valence-corrected chi connectivity index (χ2v) is 4.90. The van der Waals surface area contributed by atoms with E-state index in [9.17, 15) is 4.79 Å². The van der Waals surface area contributed by atoms with Crippen LogP contribution in [0.25, 0.3) is 22.4 Å². The first-order chi connectivity index (χ1) is 10.1.